The average molecular weight is 319 g/mol. The van der Waals surface area contributed by atoms with Crippen molar-refractivity contribution in [3.63, 3.8) is 0 Å². The summed E-state index contributed by atoms with van der Waals surface area (Å²) in [5.41, 5.74) is 2.44. The van der Waals surface area contributed by atoms with Gasteiger partial charge in [0.15, 0.2) is 0 Å². The summed E-state index contributed by atoms with van der Waals surface area (Å²) in [5, 5.41) is 6.31. The van der Waals surface area contributed by atoms with Crippen molar-refractivity contribution in [1.29, 1.82) is 0 Å². The van der Waals surface area contributed by atoms with Crippen molar-refractivity contribution in [2.75, 3.05) is 32.8 Å². The topological polar surface area (TPSA) is 53.6 Å². The third-order valence-corrected chi connectivity index (χ3v) is 4.21. The molecule has 23 heavy (non-hydrogen) atoms. The van der Waals surface area contributed by atoms with Crippen LogP contribution in [0.25, 0.3) is 0 Å². The predicted molar refractivity (Wildman–Crippen MR) is 92.1 cm³/mol. The van der Waals surface area contributed by atoms with E-state index in [1.807, 2.05) is 0 Å². The summed E-state index contributed by atoms with van der Waals surface area (Å²) in [6.07, 6.45) is 0.471. The number of nitrogens with zero attached hydrogens (tertiary/aromatic N) is 1. The van der Waals surface area contributed by atoms with E-state index in [4.69, 9.17) is 4.74 Å². The number of carbonyl (C=O) groups excluding carboxylic acids is 1. The molecule has 5 heteroatoms. The summed E-state index contributed by atoms with van der Waals surface area (Å²) in [6, 6.07) is 8.59. The van der Waals surface area contributed by atoms with Gasteiger partial charge in [0.2, 0.25) is 5.91 Å². The van der Waals surface area contributed by atoms with Gasteiger partial charge in [-0.3, -0.25) is 9.69 Å². The summed E-state index contributed by atoms with van der Waals surface area (Å²) >= 11 is 0. The van der Waals surface area contributed by atoms with Gasteiger partial charge in [-0.15, -0.1) is 0 Å². The highest BCUT2D eigenvalue weighted by Gasteiger charge is 2.16. The molecule has 1 amide bonds. The van der Waals surface area contributed by atoms with Crippen LogP contribution in [0.15, 0.2) is 24.3 Å². The highest BCUT2D eigenvalue weighted by molar-refractivity contribution is 5.76. The van der Waals surface area contributed by atoms with Crippen LogP contribution in [0, 0.1) is 0 Å². The number of rotatable bonds is 8. The van der Waals surface area contributed by atoms with Gasteiger partial charge in [0.05, 0.1) is 13.2 Å². The van der Waals surface area contributed by atoms with Gasteiger partial charge in [-0.25, -0.2) is 0 Å². The Morgan fingerprint density at radius 1 is 1.35 bits per heavy atom. The molecule has 1 aromatic rings. The molecule has 0 aromatic heterocycles. The van der Waals surface area contributed by atoms with Crippen LogP contribution in [0.5, 0.6) is 0 Å². The van der Waals surface area contributed by atoms with E-state index in [1.165, 1.54) is 5.56 Å². The molecule has 1 fully saturated rings. The van der Waals surface area contributed by atoms with Crippen molar-refractivity contribution in [2.24, 2.45) is 0 Å². The van der Waals surface area contributed by atoms with E-state index in [1.54, 1.807) is 0 Å². The maximum Gasteiger partial charge on any atom is 0.221 e. The molecule has 2 N–H and O–H groups in total. The molecule has 1 saturated heterocycles. The lowest BCUT2D eigenvalue weighted by molar-refractivity contribution is -0.122. The largest absolute Gasteiger partial charge is 0.378 e. The summed E-state index contributed by atoms with van der Waals surface area (Å²) in [6.45, 7) is 10.2. The predicted octanol–water partition coefficient (Wildman–Crippen LogP) is 1.52. The number of morpholine rings is 1. The number of hydrogen-bond donors (Lipinski definition) is 2. The summed E-state index contributed by atoms with van der Waals surface area (Å²) < 4.78 is 5.37. The van der Waals surface area contributed by atoms with Crippen molar-refractivity contribution in [2.45, 2.75) is 39.4 Å². The Kier molecular flexibility index (Phi) is 7.52. The normalized spacial score (nSPS) is 18.1. The maximum absolute atomic E-state index is 12.0. The smallest absolute Gasteiger partial charge is 0.221 e. The summed E-state index contributed by atoms with van der Waals surface area (Å²) in [4.78, 5) is 14.4. The van der Waals surface area contributed by atoms with Gasteiger partial charge in [-0.05, 0) is 24.2 Å². The van der Waals surface area contributed by atoms with Crippen molar-refractivity contribution < 1.29 is 9.53 Å². The van der Waals surface area contributed by atoms with E-state index >= 15 is 0 Å². The summed E-state index contributed by atoms with van der Waals surface area (Å²) in [5.74, 6) is 0.0714. The Bertz CT molecular complexity index is 483. The number of nitrogens with one attached hydrogen (secondary N) is 2. The molecular formula is C18H29N3O2. The van der Waals surface area contributed by atoms with Crippen LogP contribution in [0.1, 0.15) is 31.4 Å². The lowest BCUT2D eigenvalue weighted by Crippen LogP contribution is -2.44. The van der Waals surface area contributed by atoms with Gasteiger partial charge in [-0.1, -0.05) is 38.1 Å². The summed E-state index contributed by atoms with van der Waals surface area (Å²) in [7, 11) is 0. The van der Waals surface area contributed by atoms with E-state index in [9.17, 15) is 4.79 Å². The molecule has 0 radical (unpaired) electrons. The van der Waals surface area contributed by atoms with Crippen LogP contribution in [-0.4, -0.2) is 49.7 Å². The fourth-order valence-corrected chi connectivity index (χ4v) is 2.79. The van der Waals surface area contributed by atoms with Crippen molar-refractivity contribution in [3.05, 3.63) is 35.4 Å². The van der Waals surface area contributed by atoms with Gasteiger partial charge in [0.25, 0.3) is 0 Å². The minimum absolute atomic E-state index is 0.0714. The lowest BCUT2D eigenvalue weighted by Gasteiger charge is -2.23. The second-order valence-electron chi connectivity index (χ2n) is 5.99. The van der Waals surface area contributed by atoms with E-state index in [0.717, 1.165) is 38.3 Å². The molecule has 0 saturated carbocycles. The third-order valence-electron chi connectivity index (χ3n) is 4.21. The zero-order valence-electron chi connectivity index (χ0n) is 14.3. The molecule has 0 bridgehead atoms. The highest BCUT2D eigenvalue weighted by atomic mass is 16.5. The first kappa shape index (κ1) is 17.9. The molecule has 2 rings (SSSR count). The third kappa shape index (κ3) is 6.29. The first-order valence-electron chi connectivity index (χ1n) is 8.59. The van der Waals surface area contributed by atoms with Gasteiger partial charge in [-0.2, -0.15) is 0 Å². The Morgan fingerprint density at radius 2 is 2.13 bits per heavy atom. The number of carbonyl (C=O) groups is 1. The van der Waals surface area contributed by atoms with Crippen molar-refractivity contribution >= 4 is 5.91 Å². The van der Waals surface area contributed by atoms with E-state index in [0.29, 0.717) is 19.6 Å². The Morgan fingerprint density at radius 3 is 2.83 bits per heavy atom. The molecule has 1 aromatic carbocycles. The molecule has 1 aliphatic heterocycles. The molecule has 1 atom stereocenters. The first-order chi connectivity index (χ1) is 11.2. The fraction of sp³-hybridized carbons (Fsp3) is 0.611. The van der Waals surface area contributed by atoms with Crippen molar-refractivity contribution in [1.82, 2.24) is 15.5 Å². The Balaban J connectivity index is 1.79. The van der Waals surface area contributed by atoms with E-state index in [-0.39, 0.29) is 11.9 Å². The van der Waals surface area contributed by atoms with Gasteiger partial charge in [0.1, 0.15) is 0 Å². The zero-order chi connectivity index (χ0) is 16.5. The van der Waals surface area contributed by atoms with Crippen LogP contribution in [0.4, 0.5) is 0 Å². The molecule has 1 unspecified atom stereocenters. The molecule has 0 aliphatic carbocycles. The number of ether oxygens (including phenoxy) is 1. The Hall–Kier alpha value is -1.43. The highest BCUT2D eigenvalue weighted by Crippen LogP contribution is 2.09. The van der Waals surface area contributed by atoms with Crippen LogP contribution in [0.2, 0.25) is 0 Å². The standard InChI is InChI=1S/C18H29N3O2/c1-3-21(4-2)13-16-7-5-6-15(10-16)12-20-18(22)11-17-14-23-9-8-19-17/h5-7,10,17,19H,3-4,8-9,11-14H2,1-2H3,(H,20,22). The molecular weight excluding hydrogens is 290 g/mol. The SMILES string of the molecule is CCN(CC)Cc1cccc(CNC(=O)CC2COCCN2)c1. The van der Waals surface area contributed by atoms with Crippen LogP contribution >= 0.6 is 0 Å². The molecule has 0 spiro atoms. The minimum Gasteiger partial charge on any atom is -0.378 e. The number of hydrogen-bond acceptors (Lipinski definition) is 4. The maximum atomic E-state index is 12.0. The van der Waals surface area contributed by atoms with Gasteiger partial charge >= 0.3 is 0 Å². The van der Waals surface area contributed by atoms with Crippen LogP contribution < -0.4 is 10.6 Å². The molecule has 1 heterocycles. The zero-order valence-corrected chi connectivity index (χ0v) is 14.3. The molecule has 1 aliphatic rings. The molecule has 128 valence electrons. The number of amides is 1. The second-order valence-corrected chi connectivity index (χ2v) is 5.99. The monoisotopic (exact) mass is 319 g/mol. The van der Waals surface area contributed by atoms with E-state index < -0.39 is 0 Å². The van der Waals surface area contributed by atoms with Crippen LogP contribution in [-0.2, 0) is 22.6 Å². The Labute approximate surface area is 139 Å². The average Bonchev–Trinajstić information content (AvgIpc) is 2.59. The fourth-order valence-electron chi connectivity index (χ4n) is 2.79. The molecule has 5 nitrogen and oxygen atoms in total. The number of benzene rings is 1. The van der Waals surface area contributed by atoms with E-state index in [2.05, 4.69) is 53.6 Å². The first-order valence-corrected chi connectivity index (χ1v) is 8.59. The minimum atomic E-state index is 0.0714. The quantitative estimate of drug-likeness (QED) is 0.763. The van der Waals surface area contributed by atoms with Crippen LogP contribution in [0.3, 0.4) is 0 Å². The van der Waals surface area contributed by atoms with Gasteiger partial charge < -0.3 is 15.4 Å². The van der Waals surface area contributed by atoms with Crippen molar-refractivity contribution in [3.8, 4) is 0 Å². The second kappa shape index (κ2) is 9.65. The van der Waals surface area contributed by atoms with Gasteiger partial charge in [0, 0.05) is 32.1 Å². The lowest BCUT2D eigenvalue weighted by atomic mass is 10.1.